The third-order valence-electron chi connectivity index (χ3n) is 10.5. The van der Waals surface area contributed by atoms with Crippen molar-refractivity contribution in [2.24, 2.45) is 0 Å². The molecule has 4 heterocycles. The Labute approximate surface area is 324 Å². The van der Waals surface area contributed by atoms with Crippen molar-refractivity contribution in [3.05, 3.63) is 69.9 Å². The molecule has 1 aliphatic rings. The summed E-state index contributed by atoms with van der Waals surface area (Å²) in [6.45, 7) is 23.4. The Balaban J connectivity index is 1.68. The molecule has 1 aromatic carbocycles. The molecule has 1 fully saturated rings. The standard InChI is InChI=1S/C41H56F2N6O5Si/c1-25(2)33-35(31(52-10)18-19-44-33)49-37-28(36(46-38(49)50)48-21-20-47(24-26(48)3)39(51)54-40(4,5)6)23-30(43)34(45-37)32-27(15-13-17-29(32)42)16-14-22-53-55(11,12)41(7,8)9/h13,15,17-19,23,25-26H,14,16,20-22,24H2,1-12H3. The number of carbonyl (C=O) groups excluding carboxylic acids is 1. The number of aromatic nitrogens is 4. The highest BCUT2D eigenvalue weighted by Gasteiger charge is 2.37. The van der Waals surface area contributed by atoms with Crippen LogP contribution in [0.4, 0.5) is 19.4 Å². The molecule has 0 bridgehead atoms. The van der Waals surface area contributed by atoms with Crippen molar-refractivity contribution in [1.29, 1.82) is 0 Å². The van der Waals surface area contributed by atoms with Gasteiger partial charge in [-0.05, 0) is 82.3 Å². The molecule has 0 N–H and O–H groups in total. The quantitative estimate of drug-likeness (QED) is 0.115. The number of halogens is 2. The third kappa shape index (κ3) is 8.85. The van der Waals surface area contributed by atoms with E-state index in [1.807, 2.05) is 46.4 Å². The summed E-state index contributed by atoms with van der Waals surface area (Å²) < 4.78 is 51.7. The molecule has 3 aromatic heterocycles. The van der Waals surface area contributed by atoms with Gasteiger partial charge in [0.25, 0.3) is 0 Å². The van der Waals surface area contributed by atoms with E-state index in [0.717, 1.165) is 0 Å². The van der Waals surface area contributed by atoms with Crippen molar-refractivity contribution in [1.82, 2.24) is 24.4 Å². The summed E-state index contributed by atoms with van der Waals surface area (Å²) >= 11 is 0. The van der Waals surface area contributed by atoms with E-state index >= 15 is 8.78 Å². The van der Waals surface area contributed by atoms with Gasteiger partial charge in [0.05, 0.1) is 18.2 Å². The van der Waals surface area contributed by atoms with Crippen LogP contribution in [0.3, 0.4) is 0 Å². The lowest BCUT2D eigenvalue weighted by molar-refractivity contribution is 0.0218. The van der Waals surface area contributed by atoms with E-state index in [1.165, 1.54) is 23.8 Å². The Morgan fingerprint density at radius 1 is 1.04 bits per heavy atom. The van der Waals surface area contributed by atoms with Crippen LogP contribution >= 0.6 is 0 Å². The molecule has 0 radical (unpaired) electrons. The normalized spacial score (nSPS) is 15.6. The third-order valence-corrected chi connectivity index (χ3v) is 15.0. The first-order valence-corrected chi connectivity index (χ1v) is 21.9. The molecule has 5 rings (SSSR count). The maximum absolute atomic E-state index is 16.7. The van der Waals surface area contributed by atoms with Crippen LogP contribution in [0.25, 0.3) is 28.0 Å². The van der Waals surface area contributed by atoms with Gasteiger partial charge in [-0.2, -0.15) is 4.98 Å². The maximum Gasteiger partial charge on any atom is 0.410 e. The number of ether oxygens (including phenoxy) is 2. The van der Waals surface area contributed by atoms with E-state index in [1.54, 1.807) is 29.3 Å². The van der Waals surface area contributed by atoms with Crippen LogP contribution in [0.1, 0.15) is 85.9 Å². The average molecular weight is 779 g/mol. The molecule has 1 atom stereocenters. The van der Waals surface area contributed by atoms with Gasteiger partial charge in [0.1, 0.15) is 40.2 Å². The van der Waals surface area contributed by atoms with Crippen molar-refractivity contribution in [2.45, 2.75) is 111 Å². The summed E-state index contributed by atoms with van der Waals surface area (Å²) in [4.78, 5) is 44.8. The smallest absolute Gasteiger partial charge is 0.410 e. The number of carbonyl (C=O) groups is 1. The number of aryl methyl sites for hydroxylation is 1. The number of methoxy groups -OCH3 is 1. The molecule has 0 spiro atoms. The summed E-state index contributed by atoms with van der Waals surface area (Å²) in [5, 5.41) is 0.272. The van der Waals surface area contributed by atoms with Crippen LogP contribution in [0, 0.1) is 11.6 Å². The summed E-state index contributed by atoms with van der Waals surface area (Å²) in [7, 11) is -0.521. The van der Waals surface area contributed by atoms with E-state index in [9.17, 15) is 9.59 Å². The number of fused-ring (bicyclic) bond motifs is 1. The fourth-order valence-corrected chi connectivity index (χ4v) is 7.67. The predicted molar refractivity (Wildman–Crippen MR) is 215 cm³/mol. The van der Waals surface area contributed by atoms with Crippen molar-refractivity contribution >= 4 is 31.3 Å². The number of amides is 1. The van der Waals surface area contributed by atoms with Gasteiger partial charge in [-0.15, -0.1) is 0 Å². The lowest BCUT2D eigenvalue weighted by Gasteiger charge is -2.41. The molecule has 298 valence electrons. The molecule has 0 aliphatic carbocycles. The zero-order valence-electron chi connectivity index (χ0n) is 34.3. The van der Waals surface area contributed by atoms with Gasteiger partial charge in [-0.3, -0.25) is 4.98 Å². The van der Waals surface area contributed by atoms with Crippen LogP contribution in [-0.4, -0.2) is 83.8 Å². The Morgan fingerprint density at radius 2 is 1.75 bits per heavy atom. The van der Waals surface area contributed by atoms with Gasteiger partial charge in [0.2, 0.25) is 0 Å². The molecule has 1 saturated heterocycles. The highest BCUT2D eigenvalue weighted by molar-refractivity contribution is 6.74. The highest BCUT2D eigenvalue weighted by Crippen LogP contribution is 2.38. The van der Waals surface area contributed by atoms with E-state index in [0.29, 0.717) is 42.1 Å². The van der Waals surface area contributed by atoms with Gasteiger partial charge in [0, 0.05) is 50.1 Å². The van der Waals surface area contributed by atoms with Crippen molar-refractivity contribution in [3.8, 4) is 22.7 Å². The lowest BCUT2D eigenvalue weighted by Crippen LogP contribution is -2.55. The first kappa shape index (κ1) is 41.7. The Kier molecular flexibility index (Phi) is 12.1. The fourth-order valence-electron chi connectivity index (χ4n) is 6.58. The van der Waals surface area contributed by atoms with Gasteiger partial charge in [0.15, 0.2) is 14.0 Å². The monoisotopic (exact) mass is 778 g/mol. The number of benzene rings is 1. The van der Waals surface area contributed by atoms with Gasteiger partial charge in [-0.25, -0.2) is 27.9 Å². The van der Waals surface area contributed by atoms with E-state index in [4.69, 9.17) is 18.9 Å². The number of pyridine rings is 2. The van der Waals surface area contributed by atoms with Gasteiger partial charge < -0.3 is 23.7 Å². The molecule has 1 unspecified atom stereocenters. The molecule has 0 saturated carbocycles. The zero-order valence-corrected chi connectivity index (χ0v) is 35.3. The summed E-state index contributed by atoms with van der Waals surface area (Å²) in [5.41, 5.74) is -0.0751. The molecule has 11 nitrogen and oxygen atoms in total. The van der Waals surface area contributed by atoms with Crippen molar-refractivity contribution in [3.63, 3.8) is 0 Å². The fraction of sp³-hybridized carbons (Fsp3) is 0.537. The van der Waals surface area contributed by atoms with E-state index in [-0.39, 0.29) is 64.7 Å². The molecular weight excluding hydrogens is 723 g/mol. The Hall–Kier alpha value is -4.43. The van der Waals surface area contributed by atoms with Crippen LogP contribution in [0.5, 0.6) is 5.75 Å². The number of rotatable bonds is 10. The number of piperazine rings is 1. The number of hydrogen-bond acceptors (Lipinski definition) is 9. The maximum atomic E-state index is 16.7. The van der Waals surface area contributed by atoms with Crippen LogP contribution in [-0.2, 0) is 15.6 Å². The lowest BCUT2D eigenvalue weighted by atomic mass is 9.98. The topological polar surface area (TPSA) is 112 Å². The molecule has 55 heavy (non-hydrogen) atoms. The molecular formula is C41H56F2N6O5Si. The Bertz CT molecular complexity index is 2110. The summed E-state index contributed by atoms with van der Waals surface area (Å²) in [6, 6.07) is 7.24. The van der Waals surface area contributed by atoms with E-state index in [2.05, 4.69) is 43.8 Å². The molecule has 1 amide bonds. The Morgan fingerprint density at radius 3 is 2.36 bits per heavy atom. The second-order valence-electron chi connectivity index (χ2n) is 17.1. The minimum absolute atomic E-state index is 0.0214. The minimum atomic E-state index is -2.01. The highest BCUT2D eigenvalue weighted by atomic mass is 28.4. The van der Waals surface area contributed by atoms with Crippen molar-refractivity contribution < 1.29 is 27.5 Å². The second-order valence-corrected chi connectivity index (χ2v) is 21.9. The van der Waals surface area contributed by atoms with Crippen LogP contribution < -0.4 is 15.3 Å². The van der Waals surface area contributed by atoms with Gasteiger partial charge in [-0.1, -0.05) is 46.8 Å². The summed E-state index contributed by atoms with van der Waals surface area (Å²) in [6.07, 6.45) is 2.16. The van der Waals surface area contributed by atoms with Gasteiger partial charge >= 0.3 is 11.8 Å². The number of nitrogens with zero attached hydrogens (tertiary/aromatic N) is 6. The average Bonchev–Trinajstić information content (AvgIpc) is 3.08. The SMILES string of the molecule is COc1ccnc(C(C)C)c1-n1c(=O)nc(N2CCN(C(=O)OC(C)(C)C)CC2C)c2cc(F)c(-c3c(F)cccc3CCCO[Si](C)(C)C(C)(C)C)nc21. The second kappa shape index (κ2) is 16.0. The molecule has 1 aliphatic heterocycles. The van der Waals surface area contributed by atoms with E-state index < -0.39 is 37.3 Å². The number of hydrogen-bond donors (Lipinski definition) is 0. The first-order valence-electron chi connectivity index (χ1n) is 19.0. The minimum Gasteiger partial charge on any atom is -0.494 e. The largest absolute Gasteiger partial charge is 0.494 e. The van der Waals surface area contributed by atoms with Crippen molar-refractivity contribution in [2.75, 3.05) is 38.3 Å². The zero-order chi connectivity index (χ0) is 40.6. The van der Waals surface area contributed by atoms with Crippen LogP contribution in [0.15, 0.2) is 41.3 Å². The number of anilines is 1. The first-order chi connectivity index (χ1) is 25.6. The molecule has 14 heteroatoms. The predicted octanol–water partition coefficient (Wildman–Crippen LogP) is 8.65. The molecule has 4 aromatic rings. The summed E-state index contributed by atoms with van der Waals surface area (Å²) in [5.74, 6) is -1.01. The van der Waals surface area contributed by atoms with Crippen LogP contribution in [0.2, 0.25) is 18.1 Å².